The lowest BCUT2D eigenvalue weighted by Crippen LogP contribution is -2.52. The van der Waals surface area contributed by atoms with Gasteiger partial charge in [0.15, 0.2) is 0 Å². The number of aromatic amines is 1. The van der Waals surface area contributed by atoms with E-state index >= 15 is 0 Å². The molecule has 2 aliphatic rings. The molecule has 6 nitrogen and oxygen atoms in total. The fraction of sp³-hybridized carbons (Fsp3) is 0.350. The summed E-state index contributed by atoms with van der Waals surface area (Å²) >= 11 is 6.18. The third kappa shape index (κ3) is 2.99. The second-order valence-corrected chi connectivity index (χ2v) is 7.72. The van der Waals surface area contributed by atoms with E-state index in [-0.39, 0.29) is 5.91 Å². The highest BCUT2D eigenvalue weighted by Crippen LogP contribution is 2.29. The number of piperazine rings is 1. The summed E-state index contributed by atoms with van der Waals surface area (Å²) in [4.78, 5) is 22.6. The van der Waals surface area contributed by atoms with Gasteiger partial charge in [0.1, 0.15) is 0 Å². The highest BCUT2D eigenvalue weighted by atomic mass is 35.5. The van der Waals surface area contributed by atoms with Crippen LogP contribution in [-0.4, -0.2) is 63.1 Å². The molecule has 4 heterocycles. The van der Waals surface area contributed by atoms with E-state index in [1.807, 2.05) is 29.2 Å². The number of fused-ring (bicyclic) bond motifs is 2. The smallest absolute Gasteiger partial charge is 0.254 e. The largest absolute Gasteiger partial charge is 0.336 e. The summed E-state index contributed by atoms with van der Waals surface area (Å²) in [5, 5.41) is 8.26. The Morgan fingerprint density at radius 3 is 3.00 bits per heavy atom. The number of rotatable bonds is 2. The van der Waals surface area contributed by atoms with Gasteiger partial charge in [-0.1, -0.05) is 17.7 Å². The fourth-order valence-corrected chi connectivity index (χ4v) is 4.43. The van der Waals surface area contributed by atoms with Crippen LogP contribution in [0.3, 0.4) is 0 Å². The highest BCUT2D eigenvalue weighted by molar-refractivity contribution is 6.31. The number of carbonyl (C=O) groups excluding carboxylic acids is 1. The second kappa shape index (κ2) is 6.62. The van der Waals surface area contributed by atoms with E-state index < -0.39 is 0 Å². The fourth-order valence-electron chi connectivity index (χ4n) is 4.26. The molecule has 0 unspecified atom stereocenters. The van der Waals surface area contributed by atoms with E-state index in [0.29, 0.717) is 16.6 Å². The number of benzene rings is 1. The van der Waals surface area contributed by atoms with Crippen LogP contribution in [0.15, 0.2) is 36.7 Å². The zero-order chi connectivity index (χ0) is 18.4. The lowest BCUT2D eigenvalue weighted by molar-refractivity contribution is 0.0573. The summed E-state index contributed by atoms with van der Waals surface area (Å²) in [6, 6.07) is 7.90. The zero-order valence-electron chi connectivity index (χ0n) is 14.9. The summed E-state index contributed by atoms with van der Waals surface area (Å²) < 4.78 is 0. The van der Waals surface area contributed by atoms with Gasteiger partial charge in [-0.15, -0.1) is 0 Å². The van der Waals surface area contributed by atoms with E-state index in [0.717, 1.165) is 48.3 Å². The number of amides is 1. The quantitative estimate of drug-likeness (QED) is 0.740. The van der Waals surface area contributed by atoms with Crippen LogP contribution in [-0.2, 0) is 0 Å². The topological polar surface area (TPSA) is 65.1 Å². The van der Waals surface area contributed by atoms with Crippen LogP contribution in [0, 0.1) is 0 Å². The van der Waals surface area contributed by atoms with Gasteiger partial charge in [-0.05, 0) is 37.6 Å². The van der Waals surface area contributed by atoms with Gasteiger partial charge >= 0.3 is 0 Å². The van der Waals surface area contributed by atoms with Crippen LogP contribution in [0.1, 0.15) is 23.2 Å². The van der Waals surface area contributed by atoms with Gasteiger partial charge in [-0.3, -0.25) is 14.8 Å². The Bertz CT molecular complexity index is 1000. The molecule has 0 aliphatic carbocycles. The Labute approximate surface area is 162 Å². The zero-order valence-corrected chi connectivity index (χ0v) is 15.6. The molecule has 0 saturated carbocycles. The number of nitrogens with zero attached hydrogens (tertiary/aromatic N) is 4. The second-order valence-electron chi connectivity index (χ2n) is 7.29. The Hall–Kier alpha value is -2.44. The first-order valence-corrected chi connectivity index (χ1v) is 9.69. The highest BCUT2D eigenvalue weighted by Gasteiger charge is 2.33. The van der Waals surface area contributed by atoms with Crippen molar-refractivity contribution in [2.45, 2.75) is 18.9 Å². The first-order chi connectivity index (χ1) is 13.2. The van der Waals surface area contributed by atoms with Gasteiger partial charge in [0, 0.05) is 47.8 Å². The Morgan fingerprint density at radius 2 is 2.15 bits per heavy atom. The molecule has 1 aromatic carbocycles. The van der Waals surface area contributed by atoms with Crippen molar-refractivity contribution in [3.05, 3.63) is 47.2 Å². The molecule has 138 valence electrons. The lowest BCUT2D eigenvalue weighted by Gasteiger charge is -2.37. The molecule has 0 bridgehead atoms. The van der Waals surface area contributed by atoms with Gasteiger partial charge in [0.2, 0.25) is 0 Å². The number of pyridine rings is 1. The third-order valence-electron chi connectivity index (χ3n) is 5.67. The summed E-state index contributed by atoms with van der Waals surface area (Å²) in [5.41, 5.74) is 2.98. The number of hydrogen-bond donors (Lipinski definition) is 1. The van der Waals surface area contributed by atoms with Crippen LogP contribution in [0.25, 0.3) is 22.2 Å². The maximum Gasteiger partial charge on any atom is 0.254 e. The van der Waals surface area contributed by atoms with E-state index in [4.69, 9.17) is 16.6 Å². The molecule has 7 heteroatoms. The molecule has 1 atom stereocenters. The number of aromatic nitrogens is 3. The molecule has 0 spiro atoms. The van der Waals surface area contributed by atoms with Gasteiger partial charge in [-0.2, -0.15) is 5.10 Å². The minimum absolute atomic E-state index is 0.0704. The summed E-state index contributed by atoms with van der Waals surface area (Å²) in [6.45, 7) is 3.69. The molecule has 1 amide bonds. The molecule has 2 aromatic heterocycles. The normalized spacial score (nSPS) is 20.2. The van der Waals surface area contributed by atoms with Crippen molar-refractivity contribution in [3.8, 4) is 11.3 Å². The Morgan fingerprint density at radius 1 is 1.22 bits per heavy atom. The Kier molecular flexibility index (Phi) is 4.10. The van der Waals surface area contributed by atoms with Crippen molar-refractivity contribution in [2.24, 2.45) is 0 Å². The van der Waals surface area contributed by atoms with Crippen molar-refractivity contribution in [3.63, 3.8) is 0 Å². The molecule has 27 heavy (non-hydrogen) atoms. The molecule has 1 N–H and O–H groups in total. The predicted molar refractivity (Wildman–Crippen MR) is 105 cm³/mol. The van der Waals surface area contributed by atoms with Gasteiger partial charge < -0.3 is 4.90 Å². The average molecular weight is 382 g/mol. The van der Waals surface area contributed by atoms with E-state index in [1.165, 1.54) is 12.8 Å². The monoisotopic (exact) mass is 381 g/mol. The minimum Gasteiger partial charge on any atom is -0.336 e. The van der Waals surface area contributed by atoms with Gasteiger partial charge in [0.05, 0.1) is 23.0 Å². The van der Waals surface area contributed by atoms with Crippen LogP contribution in [0.5, 0.6) is 0 Å². The van der Waals surface area contributed by atoms with Gasteiger partial charge in [0.25, 0.3) is 5.91 Å². The number of carbonyl (C=O) groups is 1. The third-order valence-corrected chi connectivity index (χ3v) is 5.91. The molecule has 3 aromatic rings. The standard InChI is InChI=1S/C20H20ClN5O/c21-14-3-4-16-17(9-18(24-19(16)8-14)13-10-22-23-11-13)20(27)26-7-6-25-5-1-2-15(25)12-26/h3-4,8-11,15H,1-2,5-7,12H2,(H,22,23)/t15-/m0/s1. The van der Waals surface area contributed by atoms with E-state index in [9.17, 15) is 4.79 Å². The molecule has 0 radical (unpaired) electrons. The van der Waals surface area contributed by atoms with Crippen molar-refractivity contribution >= 4 is 28.4 Å². The molecule has 2 saturated heterocycles. The van der Waals surface area contributed by atoms with Crippen molar-refractivity contribution in [2.75, 3.05) is 26.2 Å². The lowest BCUT2D eigenvalue weighted by atomic mass is 10.0. The van der Waals surface area contributed by atoms with Gasteiger partial charge in [-0.25, -0.2) is 4.98 Å². The summed E-state index contributed by atoms with van der Waals surface area (Å²) in [7, 11) is 0. The van der Waals surface area contributed by atoms with Crippen LogP contribution in [0.2, 0.25) is 5.02 Å². The average Bonchev–Trinajstić information content (AvgIpc) is 3.37. The van der Waals surface area contributed by atoms with E-state index in [2.05, 4.69) is 15.1 Å². The summed E-state index contributed by atoms with van der Waals surface area (Å²) in [5.74, 6) is 0.0704. The maximum absolute atomic E-state index is 13.4. The first-order valence-electron chi connectivity index (χ1n) is 9.32. The molecule has 5 rings (SSSR count). The molecule has 2 fully saturated rings. The van der Waals surface area contributed by atoms with Crippen LogP contribution in [0.4, 0.5) is 0 Å². The first kappa shape index (κ1) is 16.7. The summed E-state index contributed by atoms with van der Waals surface area (Å²) in [6.07, 6.45) is 5.90. The van der Waals surface area contributed by atoms with Crippen LogP contribution >= 0.6 is 11.6 Å². The number of H-pyrrole nitrogens is 1. The number of hydrogen-bond acceptors (Lipinski definition) is 4. The number of nitrogens with one attached hydrogen (secondary N) is 1. The maximum atomic E-state index is 13.4. The minimum atomic E-state index is 0.0704. The molecule has 2 aliphatic heterocycles. The van der Waals surface area contributed by atoms with E-state index in [1.54, 1.807) is 12.4 Å². The van der Waals surface area contributed by atoms with Crippen molar-refractivity contribution < 1.29 is 4.79 Å². The SMILES string of the molecule is O=C(c1cc(-c2cn[nH]c2)nc2cc(Cl)ccc12)N1CCN2CCC[C@H]2C1. The van der Waals surface area contributed by atoms with Crippen molar-refractivity contribution in [1.29, 1.82) is 0 Å². The molecular formula is C20H20ClN5O. The Balaban J connectivity index is 1.57. The predicted octanol–water partition coefficient (Wildman–Crippen LogP) is 3.20. The number of halogens is 1. The van der Waals surface area contributed by atoms with Crippen molar-refractivity contribution in [1.82, 2.24) is 25.0 Å². The van der Waals surface area contributed by atoms with Crippen LogP contribution < -0.4 is 0 Å². The molecular weight excluding hydrogens is 362 g/mol.